The lowest BCUT2D eigenvalue weighted by atomic mass is 10.1. The maximum absolute atomic E-state index is 10.2. The number of aliphatic hydroxyl groups is 1. The Bertz CT molecular complexity index is 934. The van der Waals surface area contributed by atoms with Gasteiger partial charge in [0.1, 0.15) is 24.2 Å². The number of methoxy groups -OCH3 is 1. The fourth-order valence-electron chi connectivity index (χ4n) is 2.92. The SMILES string of the molecule is COc1ccc(CCNCC(O)COc2ccccc2C=Cc2cc(C)no2)cc1. The number of ether oxygens (including phenoxy) is 2. The van der Waals surface area contributed by atoms with Gasteiger partial charge in [-0.1, -0.05) is 35.5 Å². The number of rotatable bonds is 11. The average molecular weight is 408 g/mol. The fourth-order valence-corrected chi connectivity index (χ4v) is 2.92. The van der Waals surface area contributed by atoms with E-state index in [1.165, 1.54) is 5.56 Å². The fraction of sp³-hybridized carbons (Fsp3) is 0.292. The molecule has 1 unspecified atom stereocenters. The molecule has 2 aromatic carbocycles. The lowest BCUT2D eigenvalue weighted by Crippen LogP contribution is -2.32. The van der Waals surface area contributed by atoms with Gasteiger partial charge in [0.2, 0.25) is 0 Å². The quantitative estimate of drug-likeness (QED) is 0.471. The zero-order valence-corrected chi connectivity index (χ0v) is 17.4. The number of benzene rings is 2. The third-order valence-corrected chi connectivity index (χ3v) is 4.55. The molecule has 0 aliphatic carbocycles. The maximum atomic E-state index is 10.2. The maximum Gasteiger partial charge on any atom is 0.159 e. The summed E-state index contributed by atoms with van der Waals surface area (Å²) in [5.74, 6) is 2.25. The number of hydrogen-bond donors (Lipinski definition) is 2. The minimum absolute atomic E-state index is 0.210. The molecule has 0 fully saturated rings. The lowest BCUT2D eigenvalue weighted by molar-refractivity contribution is 0.106. The number of nitrogens with zero attached hydrogens (tertiary/aromatic N) is 1. The molecule has 0 saturated carbocycles. The Labute approximate surface area is 177 Å². The van der Waals surface area contributed by atoms with Crippen LogP contribution in [0.3, 0.4) is 0 Å². The standard InChI is InChI=1S/C24H28N2O4/c1-18-15-23(30-26-18)12-9-20-5-3-4-6-24(20)29-17-21(27)16-25-14-13-19-7-10-22(28-2)11-8-19/h3-12,15,21,25,27H,13-14,16-17H2,1-2H3. The predicted octanol–water partition coefficient (Wildman–Crippen LogP) is 3.73. The van der Waals surface area contributed by atoms with E-state index in [-0.39, 0.29) is 6.61 Å². The number of aliphatic hydroxyl groups excluding tert-OH is 1. The Morgan fingerprint density at radius 2 is 1.93 bits per heavy atom. The molecule has 1 aromatic heterocycles. The highest BCUT2D eigenvalue weighted by Crippen LogP contribution is 2.21. The third-order valence-electron chi connectivity index (χ3n) is 4.55. The molecular weight excluding hydrogens is 380 g/mol. The van der Waals surface area contributed by atoms with Gasteiger partial charge in [0.15, 0.2) is 5.76 Å². The van der Waals surface area contributed by atoms with Crippen molar-refractivity contribution in [3.63, 3.8) is 0 Å². The summed E-state index contributed by atoms with van der Waals surface area (Å²) < 4.78 is 16.2. The second-order valence-electron chi connectivity index (χ2n) is 7.01. The van der Waals surface area contributed by atoms with Gasteiger partial charge in [-0.3, -0.25) is 0 Å². The van der Waals surface area contributed by atoms with Crippen molar-refractivity contribution in [3.8, 4) is 11.5 Å². The van der Waals surface area contributed by atoms with Crippen molar-refractivity contribution in [2.24, 2.45) is 0 Å². The summed E-state index contributed by atoms with van der Waals surface area (Å²) in [6.45, 7) is 3.33. The van der Waals surface area contributed by atoms with Crippen LogP contribution < -0.4 is 14.8 Å². The molecule has 1 atom stereocenters. The molecular formula is C24H28N2O4. The van der Waals surface area contributed by atoms with E-state index in [0.29, 0.717) is 18.1 Å². The van der Waals surface area contributed by atoms with Gasteiger partial charge in [0, 0.05) is 18.2 Å². The topological polar surface area (TPSA) is 76.8 Å². The number of para-hydroxylation sites is 1. The molecule has 0 aliphatic rings. The highest BCUT2D eigenvalue weighted by atomic mass is 16.5. The molecule has 3 aromatic rings. The van der Waals surface area contributed by atoms with Gasteiger partial charge in [-0.25, -0.2) is 0 Å². The molecule has 0 spiro atoms. The van der Waals surface area contributed by atoms with E-state index in [2.05, 4.69) is 10.5 Å². The van der Waals surface area contributed by atoms with Crippen LogP contribution in [-0.4, -0.2) is 43.2 Å². The van der Waals surface area contributed by atoms with Crippen LogP contribution in [0, 0.1) is 6.92 Å². The molecule has 1 heterocycles. The highest BCUT2D eigenvalue weighted by Gasteiger charge is 2.07. The molecule has 6 nitrogen and oxygen atoms in total. The van der Waals surface area contributed by atoms with Gasteiger partial charge in [-0.15, -0.1) is 0 Å². The predicted molar refractivity (Wildman–Crippen MR) is 118 cm³/mol. The number of hydrogen-bond acceptors (Lipinski definition) is 6. The van der Waals surface area contributed by atoms with Crippen LogP contribution in [0.4, 0.5) is 0 Å². The first-order valence-electron chi connectivity index (χ1n) is 9.99. The molecule has 158 valence electrons. The lowest BCUT2D eigenvalue weighted by Gasteiger charge is -2.14. The first-order valence-corrected chi connectivity index (χ1v) is 9.99. The second-order valence-corrected chi connectivity index (χ2v) is 7.01. The first-order chi connectivity index (χ1) is 14.6. The molecule has 0 amide bonds. The van der Waals surface area contributed by atoms with Crippen molar-refractivity contribution in [1.82, 2.24) is 10.5 Å². The summed E-state index contributed by atoms with van der Waals surface area (Å²) in [5.41, 5.74) is 2.96. The van der Waals surface area contributed by atoms with Crippen LogP contribution in [-0.2, 0) is 6.42 Å². The Morgan fingerprint density at radius 1 is 1.13 bits per heavy atom. The van der Waals surface area contributed by atoms with Gasteiger partial charge in [0.05, 0.1) is 12.8 Å². The zero-order chi connectivity index (χ0) is 21.2. The normalized spacial score (nSPS) is 12.2. The van der Waals surface area contributed by atoms with Gasteiger partial charge in [-0.2, -0.15) is 0 Å². The summed E-state index contributed by atoms with van der Waals surface area (Å²) in [5, 5.41) is 17.4. The van der Waals surface area contributed by atoms with Crippen LogP contribution in [0.5, 0.6) is 11.5 Å². The summed E-state index contributed by atoms with van der Waals surface area (Å²) in [6.07, 6.45) is 4.04. The second kappa shape index (κ2) is 11.2. The summed E-state index contributed by atoms with van der Waals surface area (Å²) in [6, 6.07) is 17.5. The van der Waals surface area contributed by atoms with Crippen molar-refractivity contribution < 1.29 is 19.1 Å². The van der Waals surface area contributed by atoms with Gasteiger partial charge in [0.25, 0.3) is 0 Å². The summed E-state index contributed by atoms with van der Waals surface area (Å²) >= 11 is 0. The Balaban J connectivity index is 1.42. The van der Waals surface area contributed by atoms with E-state index in [1.54, 1.807) is 7.11 Å². The molecule has 0 bridgehead atoms. The number of nitrogens with one attached hydrogen (secondary N) is 1. The number of aryl methyl sites for hydroxylation is 1. The van der Waals surface area contributed by atoms with E-state index in [0.717, 1.165) is 30.0 Å². The third kappa shape index (κ3) is 6.76. The first kappa shape index (κ1) is 21.6. The number of aromatic nitrogens is 1. The van der Waals surface area contributed by atoms with Crippen LogP contribution in [0.15, 0.2) is 59.1 Å². The molecule has 0 radical (unpaired) electrons. The highest BCUT2D eigenvalue weighted by molar-refractivity contribution is 5.70. The van der Waals surface area contributed by atoms with Gasteiger partial charge < -0.3 is 24.4 Å². The van der Waals surface area contributed by atoms with E-state index in [1.807, 2.05) is 73.7 Å². The smallest absolute Gasteiger partial charge is 0.159 e. The van der Waals surface area contributed by atoms with E-state index in [9.17, 15) is 5.11 Å². The molecule has 30 heavy (non-hydrogen) atoms. The molecule has 3 rings (SSSR count). The molecule has 2 N–H and O–H groups in total. The van der Waals surface area contributed by atoms with Crippen molar-refractivity contribution in [2.45, 2.75) is 19.4 Å². The van der Waals surface area contributed by atoms with E-state index >= 15 is 0 Å². The van der Waals surface area contributed by atoms with Crippen LogP contribution in [0.2, 0.25) is 0 Å². The Kier molecular flexibility index (Phi) is 8.06. The monoisotopic (exact) mass is 408 g/mol. The van der Waals surface area contributed by atoms with Gasteiger partial charge >= 0.3 is 0 Å². The van der Waals surface area contributed by atoms with Crippen LogP contribution >= 0.6 is 0 Å². The van der Waals surface area contributed by atoms with Gasteiger partial charge in [-0.05, 0) is 55.8 Å². The Morgan fingerprint density at radius 3 is 2.67 bits per heavy atom. The molecule has 6 heteroatoms. The summed E-state index contributed by atoms with van der Waals surface area (Å²) in [4.78, 5) is 0. The van der Waals surface area contributed by atoms with E-state index in [4.69, 9.17) is 14.0 Å². The van der Waals surface area contributed by atoms with Crippen molar-refractivity contribution in [3.05, 3.63) is 77.2 Å². The minimum Gasteiger partial charge on any atom is -0.497 e. The van der Waals surface area contributed by atoms with E-state index < -0.39 is 6.10 Å². The zero-order valence-electron chi connectivity index (χ0n) is 17.4. The largest absolute Gasteiger partial charge is 0.497 e. The van der Waals surface area contributed by atoms with Crippen molar-refractivity contribution >= 4 is 12.2 Å². The summed E-state index contributed by atoms with van der Waals surface area (Å²) in [7, 11) is 1.66. The Hall–Kier alpha value is -3.09. The minimum atomic E-state index is -0.602. The molecule has 0 aliphatic heterocycles. The van der Waals surface area contributed by atoms with Crippen molar-refractivity contribution in [1.29, 1.82) is 0 Å². The average Bonchev–Trinajstić information content (AvgIpc) is 3.20. The van der Waals surface area contributed by atoms with Crippen LogP contribution in [0.25, 0.3) is 12.2 Å². The van der Waals surface area contributed by atoms with Crippen molar-refractivity contribution in [2.75, 3.05) is 26.8 Å². The molecule has 0 saturated heterocycles. The van der Waals surface area contributed by atoms with Crippen LogP contribution in [0.1, 0.15) is 22.6 Å².